The van der Waals surface area contributed by atoms with Crippen LogP contribution in [0, 0.1) is 11.7 Å². The van der Waals surface area contributed by atoms with E-state index in [9.17, 15) is 26.0 Å². The van der Waals surface area contributed by atoms with Crippen LogP contribution in [0.2, 0.25) is 5.02 Å². The summed E-state index contributed by atoms with van der Waals surface area (Å²) in [6.07, 6.45) is -2.83. The van der Waals surface area contributed by atoms with Gasteiger partial charge in [0.05, 0.1) is 16.6 Å². The van der Waals surface area contributed by atoms with E-state index in [1.807, 2.05) is 0 Å². The second kappa shape index (κ2) is 9.08. The van der Waals surface area contributed by atoms with Crippen LogP contribution in [0.1, 0.15) is 19.3 Å². The molecule has 1 heterocycles. The second-order valence-electron chi connectivity index (χ2n) is 7.54. The molecule has 2 N–H and O–H groups in total. The lowest BCUT2D eigenvalue weighted by atomic mass is 9.81. The van der Waals surface area contributed by atoms with E-state index in [0.29, 0.717) is 0 Å². The van der Waals surface area contributed by atoms with Crippen LogP contribution in [-0.4, -0.2) is 50.7 Å². The molecule has 13 heteroatoms. The molecule has 1 fully saturated rings. The quantitative estimate of drug-likeness (QED) is 0.557. The average Bonchev–Trinajstić information content (AvgIpc) is 3.15. The molecule has 1 saturated carbocycles. The van der Waals surface area contributed by atoms with Crippen LogP contribution in [0.15, 0.2) is 28.6 Å². The molecule has 0 aliphatic heterocycles. The Labute approximate surface area is 186 Å². The second-order valence-corrected chi connectivity index (χ2v) is 10.5. The van der Waals surface area contributed by atoms with Gasteiger partial charge in [0.1, 0.15) is 10.7 Å². The van der Waals surface area contributed by atoms with E-state index in [1.54, 1.807) is 24.4 Å². The summed E-state index contributed by atoms with van der Waals surface area (Å²) in [6.45, 7) is 0. The van der Waals surface area contributed by atoms with Gasteiger partial charge in [0.15, 0.2) is 5.13 Å². The van der Waals surface area contributed by atoms with Crippen LogP contribution in [0.25, 0.3) is 0 Å². The third kappa shape index (κ3) is 5.60. The van der Waals surface area contributed by atoms with Crippen molar-refractivity contribution in [2.45, 2.75) is 42.4 Å². The summed E-state index contributed by atoms with van der Waals surface area (Å²) < 4.78 is 81.3. The fourth-order valence-corrected chi connectivity index (χ4v) is 5.83. The Bertz CT molecular complexity index is 1020. The number of rotatable bonds is 6. The van der Waals surface area contributed by atoms with Gasteiger partial charge < -0.3 is 10.2 Å². The molecule has 1 aliphatic carbocycles. The molecule has 0 saturated heterocycles. The van der Waals surface area contributed by atoms with Gasteiger partial charge in [0.2, 0.25) is 0 Å². The maximum Gasteiger partial charge on any atom is 0.391 e. The Hall–Kier alpha value is -1.63. The first-order chi connectivity index (χ1) is 14.4. The maximum absolute atomic E-state index is 14.7. The number of benzene rings is 1. The van der Waals surface area contributed by atoms with Crippen molar-refractivity contribution in [1.29, 1.82) is 0 Å². The van der Waals surface area contributed by atoms with E-state index in [-0.39, 0.29) is 35.1 Å². The van der Waals surface area contributed by atoms with Crippen molar-refractivity contribution in [1.82, 2.24) is 9.88 Å². The summed E-state index contributed by atoms with van der Waals surface area (Å²) in [6, 6.07) is 1.04. The first kappa shape index (κ1) is 24.0. The fourth-order valence-electron chi connectivity index (χ4n) is 3.67. The average molecular weight is 501 g/mol. The van der Waals surface area contributed by atoms with E-state index in [2.05, 4.69) is 15.0 Å². The molecule has 1 aromatic heterocycles. The molecule has 2 aromatic rings. The van der Waals surface area contributed by atoms with Gasteiger partial charge in [-0.3, -0.25) is 4.72 Å². The summed E-state index contributed by atoms with van der Waals surface area (Å²) in [7, 11) is -0.895. The molecule has 0 amide bonds. The number of aromatic nitrogens is 1. The Morgan fingerprint density at radius 3 is 2.55 bits per heavy atom. The van der Waals surface area contributed by atoms with Gasteiger partial charge in [-0.15, -0.1) is 11.3 Å². The third-order valence-corrected chi connectivity index (χ3v) is 7.73. The molecule has 6 nitrogen and oxygen atoms in total. The van der Waals surface area contributed by atoms with E-state index >= 15 is 0 Å². The molecule has 1 aliphatic rings. The minimum Gasteiger partial charge on any atom is -0.379 e. The molecule has 3 rings (SSSR count). The summed E-state index contributed by atoms with van der Waals surface area (Å²) in [4.78, 5) is 4.84. The first-order valence-electron chi connectivity index (χ1n) is 9.29. The minimum atomic E-state index is -4.27. The Morgan fingerprint density at radius 2 is 1.97 bits per heavy atom. The zero-order valence-corrected chi connectivity index (χ0v) is 19.0. The van der Waals surface area contributed by atoms with Crippen LogP contribution in [-0.2, 0) is 10.0 Å². The molecule has 1 aromatic carbocycles. The zero-order chi connectivity index (χ0) is 23.0. The number of thiazole rings is 1. The van der Waals surface area contributed by atoms with Gasteiger partial charge in [-0.05, 0) is 45.5 Å². The topological polar surface area (TPSA) is 74.3 Å². The smallest absolute Gasteiger partial charge is 0.379 e. The lowest BCUT2D eigenvalue weighted by Crippen LogP contribution is -2.49. The van der Waals surface area contributed by atoms with Crippen molar-refractivity contribution in [2.24, 2.45) is 5.92 Å². The maximum atomic E-state index is 14.7. The summed E-state index contributed by atoms with van der Waals surface area (Å²) in [5.74, 6) is -2.45. The number of nitrogens with zero attached hydrogens (tertiary/aromatic N) is 2. The van der Waals surface area contributed by atoms with Gasteiger partial charge in [-0.25, -0.2) is 17.8 Å². The number of hydrogen-bond acceptors (Lipinski definition) is 6. The normalized spacial score (nSPS) is 22.5. The minimum absolute atomic E-state index is 0.0589. The number of alkyl halides is 3. The molecule has 31 heavy (non-hydrogen) atoms. The third-order valence-electron chi connectivity index (χ3n) is 5.25. The number of sulfonamides is 1. The summed E-state index contributed by atoms with van der Waals surface area (Å²) in [5.41, 5.74) is 0.120. The largest absolute Gasteiger partial charge is 0.391 e. The number of hydrogen-bond donors (Lipinski definition) is 2. The molecule has 3 atom stereocenters. The van der Waals surface area contributed by atoms with Gasteiger partial charge in [-0.1, -0.05) is 11.6 Å². The van der Waals surface area contributed by atoms with Gasteiger partial charge in [0.25, 0.3) is 10.0 Å². The number of likely N-dealkylation sites (N-methyl/N-ethyl adjacent to an activating group) is 1. The highest BCUT2D eigenvalue weighted by atomic mass is 35.5. The van der Waals surface area contributed by atoms with Gasteiger partial charge in [-0.2, -0.15) is 13.2 Å². The number of anilines is 2. The standard InChI is InChI=1S/C18H21ClF4N4O2S2/c1-27(2)15-7-10(18(21,22)23)3-4-13(15)25-14-9-12(20)16(8-11(14)19)31(28,29)26-17-24-5-6-30-17/h5-6,8-10,13,15,25H,3-4,7H2,1-2H3,(H,24,26)/t10-,13+,15+/m1/s1. The molecule has 0 radical (unpaired) electrons. The lowest BCUT2D eigenvalue weighted by Gasteiger charge is -2.41. The summed E-state index contributed by atoms with van der Waals surface area (Å²) >= 11 is 7.24. The van der Waals surface area contributed by atoms with Crippen LogP contribution < -0.4 is 10.0 Å². The van der Waals surface area contributed by atoms with Crippen molar-refractivity contribution in [3.05, 3.63) is 34.5 Å². The van der Waals surface area contributed by atoms with Crippen LogP contribution in [0.3, 0.4) is 0 Å². The summed E-state index contributed by atoms with van der Waals surface area (Å²) in [5, 5.41) is 4.59. The first-order valence-corrected chi connectivity index (χ1v) is 12.0. The Kier molecular flexibility index (Phi) is 7.04. The molecular formula is C18H21ClF4N4O2S2. The SMILES string of the molecule is CN(C)[C@H]1C[C@H](C(F)(F)F)CC[C@@H]1Nc1cc(F)c(S(=O)(=O)Nc2nccs2)cc1Cl. The number of halogens is 5. The fraction of sp³-hybridized carbons (Fsp3) is 0.500. The van der Waals surface area contributed by atoms with Crippen molar-refractivity contribution in [2.75, 3.05) is 24.1 Å². The molecule has 0 bridgehead atoms. The molecule has 0 unspecified atom stereocenters. The van der Waals surface area contributed by atoms with Gasteiger partial charge in [0, 0.05) is 23.7 Å². The highest BCUT2D eigenvalue weighted by molar-refractivity contribution is 7.93. The lowest BCUT2D eigenvalue weighted by molar-refractivity contribution is -0.186. The zero-order valence-electron chi connectivity index (χ0n) is 16.6. The van der Waals surface area contributed by atoms with Crippen LogP contribution >= 0.6 is 22.9 Å². The van der Waals surface area contributed by atoms with E-state index in [4.69, 9.17) is 11.6 Å². The number of nitrogens with one attached hydrogen (secondary N) is 2. The molecule has 172 valence electrons. The molecule has 0 spiro atoms. The predicted octanol–water partition coefficient (Wildman–Crippen LogP) is 4.81. The highest BCUT2D eigenvalue weighted by Gasteiger charge is 2.45. The monoisotopic (exact) mass is 500 g/mol. The van der Waals surface area contributed by atoms with Crippen LogP contribution in [0.5, 0.6) is 0 Å². The van der Waals surface area contributed by atoms with Crippen molar-refractivity contribution in [3.63, 3.8) is 0 Å². The van der Waals surface area contributed by atoms with E-state index in [0.717, 1.165) is 23.5 Å². The Morgan fingerprint density at radius 1 is 1.26 bits per heavy atom. The highest BCUT2D eigenvalue weighted by Crippen LogP contribution is 2.40. The van der Waals surface area contributed by atoms with Crippen LogP contribution in [0.4, 0.5) is 28.4 Å². The predicted molar refractivity (Wildman–Crippen MR) is 113 cm³/mol. The van der Waals surface area contributed by atoms with E-state index in [1.165, 1.54) is 6.20 Å². The van der Waals surface area contributed by atoms with Crippen molar-refractivity contribution in [3.8, 4) is 0 Å². The Balaban J connectivity index is 1.82. The van der Waals surface area contributed by atoms with Gasteiger partial charge >= 0.3 is 6.18 Å². The van der Waals surface area contributed by atoms with Crippen molar-refractivity contribution >= 4 is 43.8 Å². The molecular weight excluding hydrogens is 480 g/mol. The van der Waals surface area contributed by atoms with E-state index < -0.39 is 44.9 Å². The van der Waals surface area contributed by atoms with Crippen molar-refractivity contribution < 1.29 is 26.0 Å².